The van der Waals surface area contributed by atoms with Crippen LogP contribution in [0.3, 0.4) is 0 Å². The minimum atomic E-state index is -4.45. The molecule has 0 radical (unpaired) electrons. The molecule has 2 atom stereocenters. The van der Waals surface area contributed by atoms with E-state index in [-0.39, 0.29) is 29.0 Å². The molecule has 6 nitrogen and oxygen atoms in total. The van der Waals surface area contributed by atoms with Gasteiger partial charge in [-0.3, -0.25) is 5.32 Å². The summed E-state index contributed by atoms with van der Waals surface area (Å²) in [6.07, 6.45) is -3.36. The van der Waals surface area contributed by atoms with Crippen LogP contribution in [-0.2, 0) is 10.9 Å². The highest BCUT2D eigenvalue weighted by atomic mass is 19.4. The van der Waals surface area contributed by atoms with Crippen molar-refractivity contribution >= 4 is 23.3 Å². The fourth-order valence-corrected chi connectivity index (χ4v) is 3.97. The Morgan fingerprint density at radius 2 is 1.82 bits per heavy atom. The largest absolute Gasteiger partial charge is 0.444 e. The van der Waals surface area contributed by atoms with Gasteiger partial charge >= 0.3 is 12.3 Å². The number of ether oxygens (including phenoxy) is 1. The number of nitrogens with two attached hydrogens (primary N) is 1. The van der Waals surface area contributed by atoms with Gasteiger partial charge < -0.3 is 15.8 Å². The molecule has 1 fully saturated rings. The lowest BCUT2D eigenvalue weighted by molar-refractivity contribution is -0.138. The first-order chi connectivity index (χ1) is 15.8. The van der Waals surface area contributed by atoms with E-state index >= 15 is 0 Å². The van der Waals surface area contributed by atoms with Crippen LogP contribution in [0, 0.1) is 12.8 Å². The molecule has 0 aromatic heterocycles. The Morgan fingerprint density at radius 1 is 1.15 bits per heavy atom. The molecular weight excluding hydrogens is 445 g/mol. The summed E-state index contributed by atoms with van der Waals surface area (Å²) >= 11 is 0. The number of piperidine rings is 1. The number of nitrogens with one attached hydrogen (secondary N) is 2. The van der Waals surface area contributed by atoms with Gasteiger partial charge in [0.2, 0.25) is 0 Å². The van der Waals surface area contributed by atoms with Crippen LogP contribution in [0.4, 0.5) is 29.3 Å². The van der Waals surface area contributed by atoms with E-state index in [0.29, 0.717) is 5.69 Å². The first-order valence-corrected chi connectivity index (χ1v) is 11.2. The van der Waals surface area contributed by atoms with Crippen molar-refractivity contribution in [3.8, 4) is 0 Å². The molecule has 4 N–H and O–H groups in total. The van der Waals surface area contributed by atoms with E-state index < -0.39 is 23.4 Å². The smallest absolute Gasteiger partial charge is 0.416 e. The summed E-state index contributed by atoms with van der Waals surface area (Å²) in [5, 5.41) is 6.13. The Bertz CT molecular complexity index is 1040. The summed E-state index contributed by atoms with van der Waals surface area (Å²) in [4.78, 5) is 16.3. The molecule has 2 aromatic carbocycles. The SMILES string of the molecule is Cc1ccc(N=C(N)[C@H]2CCCN[C@H]2c2ccc(NC(=O)OC(C)(C)C)cc2)cc1C(F)(F)F. The third-order valence-corrected chi connectivity index (χ3v) is 5.54. The minimum absolute atomic E-state index is 0.141. The molecule has 0 spiro atoms. The number of carbonyl (C=O) groups excluding carboxylic acids is 1. The maximum Gasteiger partial charge on any atom is 0.416 e. The number of amidine groups is 1. The van der Waals surface area contributed by atoms with E-state index in [1.165, 1.54) is 13.0 Å². The first kappa shape index (κ1) is 25.6. The second kappa shape index (κ2) is 10.0. The molecule has 1 saturated heterocycles. The average Bonchev–Trinajstić information content (AvgIpc) is 2.73. The Morgan fingerprint density at radius 3 is 2.44 bits per heavy atom. The maximum absolute atomic E-state index is 13.3. The molecule has 0 unspecified atom stereocenters. The monoisotopic (exact) mass is 476 g/mol. The number of halogens is 3. The minimum Gasteiger partial charge on any atom is -0.444 e. The van der Waals surface area contributed by atoms with Crippen LogP contribution < -0.4 is 16.4 Å². The normalized spacial score (nSPS) is 19.6. The van der Waals surface area contributed by atoms with Gasteiger partial charge in [0.15, 0.2) is 0 Å². The van der Waals surface area contributed by atoms with Crippen LogP contribution in [0.5, 0.6) is 0 Å². The fraction of sp³-hybridized carbons (Fsp3) is 0.440. The van der Waals surface area contributed by atoms with E-state index in [2.05, 4.69) is 15.6 Å². The molecule has 1 amide bonds. The van der Waals surface area contributed by atoms with Crippen molar-refractivity contribution in [3.05, 3.63) is 59.2 Å². The standard InChI is InChI=1S/C25H31F3N4O2/c1-15-7-10-18(14-20(15)25(26,27)28)31-22(29)19-6-5-13-30-21(19)16-8-11-17(12-9-16)32-23(33)34-24(2,3)4/h7-12,14,19,21,30H,5-6,13H2,1-4H3,(H2,29,31)(H,32,33)/t19-,21-/m0/s1. The number of aliphatic imine (C=N–C) groups is 1. The lowest BCUT2D eigenvalue weighted by Gasteiger charge is -2.32. The quantitative estimate of drug-likeness (QED) is 0.368. The molecule has 1 heterocycles. The molecular formula is C25H31F3N4O2. The number of aryl methyl sites for hydroxylation is 1. The van der Waals surface area contributed by atoms with Crippen molar-refractivity contribution in [2.45, 2.75) is 58.4 Å². The molecule has 0 saturated carbocycles. The molecule has 9 heteroatoms. The van der Waals surface area contributed by atoms with Crippen LogP contribution >= 0.6 is 0 Å². The summed E-state index contributed by atoms with van der Waals surface area (Å²) in [6.45, 7) is 7.57. The van der Waals surface area contributed by atoms with Crippen molar-refractivity contribution in [1.82, 2.24) is 5.32 Å². The Kier molecular flexibility index (Phi) is 7.55. The molecule has 184 valence electrons. The second-order valence-corrected chi connectivity index (χ2v) is 9.46. The number of hydrogen-bond acceptors (Lipinski definition) is 4. The predicted octanol–water partition coefficient (Wildman–Crippen LogP) is 6.09. The van der Waals surface area contributed by atoms with E-state index in [9.17, 15) is 18.0 Å². The number of rotatable bonds is 4. The number of amides is 1. The van der Waals surface area contributed by atoms with Crippen LogP contribution in [0.2, 0.25) is 0 Å². The van der Waals surface area contributed by atoms with Crippen molar-refractivity contribution in [3.63, 3.8) is 0 Å². The maximum atomic E-state index is 13.3. The van der Waals surface area contributed by atoms with Gasteiger partial charge in [0, 0.05) is 17.6 Å². The molecule has 1 aliphatic heterocycles. The van der Waals surface area contributed by atoms with Gasteiger partial charge in [-0.25, -0.2) is 9.79 Å². The summed E-state index contributed by atoms with van der Waals surface area (Å²) in [7, 11) is 0. The number of benzene rings is 2. The zero-order valence-corrected chi connectivity index (χ0v) is 19.8. The lowest BCUT2D eigenvalue weighted by Crippen LogP contribution is -2.41. The number of alkyl halides is 3. The number of carbonyl (C=O) groups is 1. The molecule has 2 aromatic rings. The molecule has 3 rings (SSSR count). The summed E-state index contributed by atoms with van der Waals surface area (Å²) < 4.78 is 45.1. The van der Waals surface area contributed by atoms with Crippen molar-refractivity contribution in [2.24, 2.45) is 16.6 Å². The van der Waals surface area contributed by atoms with Crippen molar-refractivity contribution in [2.75, 3.05) is 11.9 Å². The highest BCUT2D eigenvalue weighted by Crippen LogP contribution is 2.35. The number of nitrogens with zero attached hydrogens (tertiary/aromatic N) is 1. The van der Waals surface area contributed by atoms with Gasteiger partial charge in [-0.2, -0.15) is 13.2 Å². The summed E-state index contributed by atoms with van der Waals surface area (Å²) in [5.41, 5.74) is 6.85. The summed E-state index contributed by atoms with van der Waals surface area (Å²) in [5.74, 6) is 0.0965. The number of anilines is 1. The zero-order chi connectivity index (χ0) is 25.1. The average molecular weight is 477 g/mol. The van der Waals surface area contributed by atoms with Crippen molar-refractivity contribution < 1.29 is 22.7 Å². The van der Waals surface area contributed by atoms with Crippen LogP contribution in [-0.4, -0.2) is 24.1 Å². The molecule has 0 bridgehead atoms. The van der Waals surface area contributed by atoms with Crippen molar-refractivity contribution in [1.29, 1.82) is 0 Å². The third kappa shape index (κ3) is 6.72. The van der Waals surface area contributed by atoms with Crippen LogP contribution in [0.15, 0.2) is 47.5 Å². The Labute approximate surface area is 197 Å². The van der Waals surface area contributed by atoms with E-state index in [0.717, 1.165) is 31.0 Å². The van der Waals surface area contributed by atoms with Gasteiger partial charge in [0.25, 0.3) is 0 Å². The van der Waals surface area contributed by atoms with Gasteiger partial charge in [0.05, 0.1) is 11.3 Å². The van der Waals surface area contributed by atoms with E-state index in [4.69, 9.17) is 10.5 Å². The lowest BCUT2D eigenvalue weighted by atomic mass is 9.85. The van der Waals surface area contributed by atoms with E-state index in [1.807, 2.05) is 12.1 Å². The highest BCUT2D eigenvalue weighted by Gasteiger charge is 2.33. The van der Waals surface area contributed by atoms with Crippen LogP contribution in [0.1, 0.15) is 56.3 Å². The molecule has 0 aliphatic carbocycles. The van der Waals surface area contributed by atoms with Crippen LogP contribution in [0.25, 0.3) is 0 Å². The van der Waals surface area contributed by atoms with Gasteiger partial charge in [0.1, 0.15) is 11.4 Å². The first-order valence-electron chi connectivity index (χ1n) is 11.2. The Hall–Kier alpha value is -3.07. The van der Waals surface area contributed by atoms with Gasteiger partial charge in [-0.15, -0.1) is 0 Å². The van der Waals surface area contributed by atoms with Gasteiger partial charge in [-0.1, -0.05) is 18.2 Å². The second-order valence-electron chi connectivity index (χ2n) is 9.46. The predicted molar refractivity (Wildman–Crippen MR) is 127 cm³/mol. The molecule has 1 aliphatic rings. The number of hydrogen-bond donors (Lipinski definition) is 3. The fourth-order valence-electron chi connectivity index (χ4n) is 3.97. The molecule has 34 heavy (non-hydrogen) atoms. The highest BCUT2D eigenvalue weighted by molar-refractivity contribution is 5.87. The Balaban J connectivity index is 1.78. The topological polar surface area (TPSA) is 88.7 Å². The summed E-state index contributed by atoms with van der Waals surface area (Å²) in [6, 6.07) is 11.1. The zero-order valence-electron chi connectivity index (χ0n) is 19.8. The van der Waals surface area contributed by atoms with E-state index in [1.54, 1.807) is 39.0 Å². The third-order valence-electron chi connectivity index (χ3n) is 5.54. The van der Waals surface area contributed by atoms with Gasteiger partial charge in [-0.05, 0) is 82.5 Å².